The molecule has 1 aliphatic rings. The third-order valence-corrected chi connectivity index (χ3v) is 3.54. The third-order valence-electron chi connectivity index (χ3n) is 2.83. The lowest BCUT2D eigenvalue weighted by Gasteiger charge is -2.20. The van der Waals surface area contributed by atoms with E-state index in [4.69, 9.17) is 4.74 Å². The average molecular weight is 237 g/mol. The van der Waals surface area contributed by atoms with E-state index in [0.29, 0.717) is 5.56 Å². The van der Waals surface area contributed by atoms with Crippen molar-refractivity contribution in [3.05, 3.63) is 28.8 Å². The fourth-order valence-corrected chi connectivity index (χ4v) is 2.48. The molecule has 0 aliphatic carbocycles. The Labute approximate surface area is 99.6 Å². The Morgan fingerprint density at radius 3 is 3.00 bits per heavy atom. The van der Waals surface area contributed by atoms with Crippen molar-refractivity contribution in [2.24, 2.45) is 0 Å². The van der Waals surface area contributed by atoms with Crippen LogP contribution in [0.2, 0.25) is 0 Å². The van der Waals surface area contributed by atoms with E-state index in [0.717, 1.165) is 30.0 Å². The highest BCUT2D eigenvalue weighted by atomic mass is 32.2. The molecule has 0 saturated carbocycles. The molecule has 1 heterocycles. The summed E-state index contributed by atoms with van der Waals surface area (Å²) in [6.07, 6.45) is 3.00. The number of methoxy groups -OCH3 is 1. The minimum absolute atomic E-state index is 0.240. The van der Waals surface area contributed by atoms with Crippen molar-refractivity contribution >= 4 is 17.7 Å². The summed E-state index contributed by atoms with van der Waals surface area (Å²) in [7, 11) is 1.43. The molecule has 1 aromatic carbocycles. The fraction of sp³-hybridized carbons (Fsp3) is 0.417. The van der Waals surface area contributed by atoms with Gasteiger partial charge in [-0.3, -0.25) is 0 Å². The zero-order valence-corrected chi connectivity index (χ0v) is 10.3. The predicted molar refractivity (Wildman–Crippen MR) is 65.0 cm³/mol. The Hall–Kier alpha value is -1.00. The normalized spacial score (nSPS) is 14.4. The maximum atomic E-state index is 11.7. The lowest BCUT2D eigenvalue weighted by Crippen LogP contribution is -2.26. The Kier molecular flexibility index (Phi) is 3.51. The first-order valence-corrected chi connectivity index (χ1v) is 6.47. The van der Waals surface area contributed by atoms with E-state index in [-0.39, 0.29) is 5.97 Å². The van der Waals surface area contributed by atoms with Crippen LogP contribution >= 0.6 is 11.8 Å². The predicted octanol–water partition coefficient (Wildman–Crippen LogP) is 1.84. The molecule has 0 radical (unpaired) electrons. The monoisotopic (exact) mass is 237 g/mol. The van der Waals surface area contributed by atoms with Gasteiger partial charge in [0.2, 0.25) is 0 Å². The largest absolute Gasteiger partial charge is 0.465 e. The first-order valence-electron chi connectivity index (χ1n) is 5.25. The molecule has 0 atom stereocenters. The number of carbonyl (C=O) groups excluding carboxylic acids is 1. The van der Waals surface area contributed by atoms with Crippen LogP contribution in [0, 0.1) is 0 Å². The molecule has 0 spiro atoms. The van der Waals surface area contributed by atoms with Crippen LogP contribution < -0.4 is 5.32 Å². The Morgan fingerprint density at radius 2 is 2.31 bits per heavy atom. The van der Waals surface area contributed by atoms with Gasteiger partial charge in [-0.15, -0.1) is 11.8 Å². The maximum absolute atomic E-state index is 11.7. The summed E-state index contributed by atoms with van der Waals surface area (Å²) < 4.78 is 4.83. The summed E-state index contributed by atoms with van der Waals surface area (Å²) in [6, 6.07) is 4.09. The number of hydrogen-bond donors (Lipinski definition) is 1. The second-order valence-electron chi connectivity index (χ2n) is 3.73. The first-order chi connectivity index (χ1) is 7.76. The van der Waals surface area contributed by atoms with Crippen LogP contribution in [0.5, 0.6) is 0 Å². The molecule has 0 bridgehead atoms. The van der Waals surface area contributed by atoms with Gasteiger partial charge >= 0.3 is 5.97 Å². The summed E-state index contributed by atoms with van der Waals surface area (Å²) in [6.45, 7) is 1.74. The summed E-state index contributed by atoms with van der Waals surface area (Å²) in [5.41, 5.74) is 3.07. The van der Waals surface area contributed by atoms with E-state index in [2.05, 4.69) is 11.4 Å². The summed E-state index contributed by atoms with van der Waals surface area (Å²) in [5.74, 6) is -0.240. The molecule has 1 aromatic rings. The van der Waals surface area contributed by atoms with Gasteiger partial charge in [-0.25, -0.2) is 4.79 Å². The molecule has 0 unspecified atom stereocenters. The number of esters is 1. The van der Waals surface area contributed by atoms with Crippen molar-refractivity contribution in [2.75, 3.05) is 19.9 Å². The van der Waals surface area contributed by atoms with Crippen LogP contribution in [0.25, 0.3) is 0 Å². The number of benzene rings is 1. The number of carbonyl (C=O) groups is 1. The van der Waals surface area contributed by atoms with Crippen molar-refractivity contribution in [3.8, 4) is 0 Å². The molecule has 0 amide bonds. The molecule has 0 aromatic heterocycles. The molecule has 1 aliphatic heterocycles. The standard InChI is InChI=1S/C12H15NO2S/c1-15-12(14)10-6-9(16-2)5-8-3-4-13-7-11(8)10/h5-6,13H,3-4,7H2,1-2H3. The first kappa shape index (κ1) is 11.5. The summed E-state index contributed by atoms with van der Waals surface area (Å²) in [4.78, 5) is 12.8. The average Bonchev–Trinajstić information content (AvgIpc) is 2.36. The van der Waals surface area contributed by atoms with Gasteiger partial charge in [0, 0.05) is 11.4 Å². The van der Waals surface area contributed by atoms with E-state index < -0.39 is 0 Å². The molecule has 0 fully saturated rings. The van der Waals surface area contributed by atoms with E-state index in [9.17, 15) is 4.79 Å². The van der Waals surface area contributed by atoms with Crippen LogP contribution in [-0.2, 0) is 17.7 Å². The van der Waals surface area contributed by atoms with E-state index in [1.165, 1.54) is 12.7 Å². The van der Waals surface area contributed by atoms with Gasteiger partial charge in [0.25, 0.3) is 0 Å². The minimum atomic E-state index is -0.240. The zero-order valence-electron chi connectivity index (χ0n) is 9.50. The van der Waals surface area contributed by atoms with Crippen LogP contribution in [0.4, 0.5) is 0 Å². The maximum Gasteiger partial charge on any atom is 0.338 e. The van der Waals surface area contributed by atoms with E-state index in [1.54, 1.807) is 11.8 Å². The van der Waals surface area contributed by atoms with Crippen molar-refractivity contribution in [1.82, 2.24) is 5.32 Å². The number of fused-ring (bicyclic) bond motifs is 1. The molecular weight excluding hydrogens is 222 g/mol. The molecule has 86 valence electrons. The van der Waals surface area contributed by atoms with Crippen molar-refractivity contribution in [2.45, 2.75) is 17.9 Å². The molecule has 3 nitrogen and oxygen atoms in total. The lowest BCUT2D eigenvalue weighted by molar-refractivity contribution is 0.0598. The van der Waals surface area contributed by atoms with Gasteiger partial charge in [0.15, 0.2) is 0 Å². The second-order valence-corrected chi connectivity index (χ2v) is 4.61. The molecule has 2 rings (SSSR count). The number of hydrogen-bond acceptors (Lipinski definition) is 4. The van der Waals surface area contributed by atoms with Gasteiger partial charge in [-0.1, -0.05) is 0 Å². The van der Waals surface area contributed by atoms with Crippen molar-refractivity contribution in [3.63, 3.8) is 0 Å². The number of ether oxygens (including phenoxy) is 1. The van der Waals surface area contributed by atoms with Crippen LogP contribution in [0.15, 0.2) is 17.0 Å². The van der Waals surface area contributed by atoms with Gasteiger partial charge < -0.3 is 10.1 Å². The third kappa shape index (κ3) is 2.08. The number of thioether (sulfide) groups is 1. The Balaban J connectivity index is 2.51. The zero-order chi connectivity index (χ0) is 11.5. The van der Waals surface area contributed by atoms with Crippen LogP contribution in [-0.4, -0.2) is 25.9 Å². The van der Waals surface area contributed by atoms with Crippen LogP contribution in [0.1, 0.15) is 21.5 Å². The summed E-state index contributed by atoms with van der Waals surface area (Å²) in [5, 5.41) is 3.28. The Morgan fingerprint density at radius 1 is 1.50 bits per heavy atom. The SMILES string of the molecule is COC(=O)c1cc(SC)cc2c1CNCC2. The topological polar surface area (TPSA) is 38.3 Å². The summed E-state index contributed by atoms with van der Waals surface area (Å²) >= 11 is 1.66. The molecule has 4 heteroatoms. The van der Waals surface area contributed by atoms with Crippen molar-refractivity contribution < 1.29 is 9.53 Å². The molecular formula is C12H15NO2S. The highest BCUT2D eigenvalue weighted by Gasteiger charge is 2.19. The Bertz CT molecular complexity index is 418. The fourth-order valence-electron chi connectivity index (χ4n) is 1.98. The highest BCUT2D eigenvalue weighted by Crippen LogP contribution is 2.26. The molecule has 0 saturated heterocycles. The molecule has 1 N–H and O–H groups in total. The van der Waals surface area contributed by atoms with Gasteiger partial charge in [-0.05, 0) is 42.5 Å². The van der Waals surface area contributed by atoms with Crippen molar-refractivity contribution in [1.29, 1.82) is 0 Å². The highest BCUT2D eigenvalue weighted by molar-refractivity contribution is 7.98. The smallest absolute Gasteiger partial charge is 0.338 e. The number of nitrogens with one attached hydrogen (secondary N) is 1. The lowest BCUT2D eigenvalue weighted by atomic mass is 9.96. The number of rotatable bonds is 2. The van der Waals surface area contributed by atoms with E-state index in [1.807, 2.05) is 12.3 Å². The van der Waals surface area contributed by atoms with Crippen LogP contribution in [0.3, 0.4) is 0 Å². The second kappa shape index (κ2) is 4.89. The van der Waals surface area contributed by atoms with Gasteiger partial charge in [-0.2, -0.15) is 0 Å². The van der Waals surface area contributed by atoms with Gasteiger partial charge in [0.1, 0.15) is 0 Å². The molecule has 16 heavy (non-hydrogen) atoms. The van der Waals surface area contributed by atoms with E-state index >= 15 is 0 Å². The quantitative estimate of drug-likeness (QED) is 0.629. The minimum Gasteiger partial charge on any atom is -0.465 e. The van der Waals surface area contributed by atoms with Gasteiger partial charge in [0.05, 0.1) is 12.7 Å².